The molecule has 0 amide bonds. The minimum atomic E-state index is -0.818. The largest absolute Gasteiger partial charge is 0.496 e. The minimum Gasteiger partial charge on any atom is -0.496 e. The summed E-state index contributed by atoms with van der Waals surface area (Å²) in [7, 11) is 3.07. The Labute approximate surface area is 256 Å². The summed E-state index contributed by atoms with van der Waals surface area (Å²) in [6.07, 6.45) is 3.76. The van der Waals surface area contributed by atoms with Gasteiger partial charge in [0.15, 0.2) is 4.80 Å². The SMILES string of the molecule is COCCOC(=O)C1=C(C)N=c2sc(=Cc3cn(Cc4ccccc4F)c4ccccc34)c(=O)n2C1c1ccccc1OC. The molecule has 3 aromatic carbocycles. The van der Waals surface area contributed by atoms with Crippen molar-refractivity contribution >= 4 is 34.3 Å². The van der Waals surface area contributed by atoms with Crippen LogP contribution in [0.15, 0.2) is 100 Å². The zero-order chi connectivity index (χ0) is 30.8. The van der Waals surface area contributed by atoms with E-state index in [1.54, 1.807) is 32.2 Å². The molecule has 0 aliphatic carbocycles. The summed E-state index contributed by atoms with van der Waals surface area (Å²) in [4.78, 5) is 32.8. The van der Waals surface area contributed by atoms with Gasteiger partial charge in [-0.05, 0) is 31.2 Å². The van der Waals surface area contributed by atoms with Crippen LogP contribution in [0.3, 0.4) is 0 Å². The molecule has 1 aliphatic heterocycles. The lowest BCUT2D eigenvalue weighted by atomic mass is 9.95. The second-order valence-electron chi connectivity index (χ2n) is 10.3. The molecule has 44 heavy (non-hydrogen) atoms. The second kappa shape index (κ2) is 12.4. The molecule has 2 aromatic heterocycles. The quantitative estimate of drug-likeness (QED) is 0.180. The summed E-state index contributed by atoms with van der Waals surface area (Å²) in [6.45, 7) is 2.38. The summed E-state index contributed by atoms with van der Waals surface area (Å²) in [5.74, 6) is -0.326. The molecule has 0 saturated heterocycles. The van der Waals surface area contributed by atoms with E-state index in [1.165, 1.54) is 29.1 Å². The molecule has 0 N–H and O–H groups in total. The Balaban J connectivity index is 1.51. The van der Waals surface area contributed by atoms with E-state index in [9.17, 15) is 14.0 Å². The molecule has 0 bridgehead atoms. The number of thiazole rings is 1. The molecule has 6 rings (SSSR count). The Morgan fingerprint density at radius 2 is 1.77 bits per heavy atom. The minimum absolute atomic E-state index is 0.0616. The maximum Gasteiger partial charge on any atom is 0.338 e. The molecule has 1 atom stereocenters. The number of rotatable bonds is 9. The molecule has 0 radical (unpaired) electrons. The van der Waals surface area contributed by atoms with Gasteiger partial charge in [0.1, 0.15) is 24.2 Å². The van der Waals surface area contributed by atoms with Crippen LogP contribution in [0.1, 0.15) is 29.7 Å². The molecule has 0 spiro atoms. The fraction of sp³-hybridized carbons (Fsp3) is 0.206. The van der Waals surface area contributed by atoms with Gasteiger partial charge in [-0.25, -0.2) is 14.2 Å². The first-order chi connectivity index (χ1) is 21.4. The van der Waals surface area contributed by atoms with Crippen LogP contribution < -0.4 is 19.6 Å². The topological polar surface area (TPSA) is 84.0 Å². The number of nitrogens with zero attached hydrogens (tertiary/aromatic N) is 3. The average molecular weight is 612 g/mol. The summed E-state index contributed by atoms with van der Waals surface area (Å²) in [5, 5.41) is 0.926. The lowest BCUT2D eigenvalue weighted by Crippen LogP contribution is -2.40. The molecule has 1 unspecified atom stereocenters. The molecule has 0 saturated carbocycles. The van der Waals surface area contributed by atoms with E-state index < -0.39 is 12.0 Å². The van der Waals surface area contributed by atoms with Crippen molar-refractivity contribution in [3.63, 3.8) is 0 Å². The molecule has 5 aromatic rings. The Morgan fingerprint density at radius 3 is 2.57 bits per heavy atom. The van der Waals surface area contributed by atoms with Crippen molar-refractivity contribution in [3.05, 3.63) is 132 Å². The Bertz CT molecular complexity index is 2090. The molecule has 0 fully saturated rings. The van der Waals surface area contributed by atoms with E-state index in [-0.39, 0.29) is 30.2 Å². The fourth-order valence-electron chi connectivity index (χ4n) is 5.54. The van der Waals surface area contributed by atoms with E-state index in [4.69, 9.17) is 14.2 Å². The molecular formula is C34H30FN3O5S. The van der Waals surface area contributed by atoms with Gasteiger partial charge in [0.25, 0.3) is 5.56 Å². The van der Waals surface area contributed by atoms with Crippen LogP contribution in [-0.4, -0.2) is 42.5 Å². The van der Waals surface area contributed by atoms with Gasteiger partial charge in [-0.15, -0.1) is 0 Å². The van der Waals surface area contributed by atoms with Gasteiger partial charge in [-0.2, -0.15) is 0 Å². The number of fused-ring (bicyclic) bond motifs is 2. The summed E-state index contributed by atoms with van der Waals surface area (Å²) >= 11 is 1.24. The van der Waals surface area contributed by atoms with Crippen molar-refractivity contribution in [2.75, 3.05) is 27.4 Å². The average Bonchev–Trinajstić information content (AvgIpc) is 3.53. The number of halogens is 1. The van der Waals surface area contributed by atoms with Gasteiger partial charge < -0.3 is 18.8 Å². The predicted molar refractivity (Wildman–Crippen MR) is 167 cm³/mol. The van der Waals surface area contributed by atoms with Crippen molar-refractivity contribution < 1.29 is 23.4 Å². The first kappa shape index (κ1) is 29.3. The normalized spacial score (nSPS) is 14.9. The number of hydrogen-bond acceptors (Lipinski definition) is 7. The van der Waals surface area contributed by atoms with E-state index >= 15 is 0 Å². The van der Waals surface area contributed by atoms with Crippen LogP contribution >= 0.6 is 11.3 Å². The van der Waals surface area contributed by atoms with Gasteiger partial charge in [0.2, 0.25) is 0 Å². The third kappa shape index (κ3) is 5.38. The zero-order valence-electron chi connectivity index (χ0n) is 24.5. The number of aromatic nitrogens is 2. The summed E-state index contributed by atoms with van der Waals surface area (Å²) in [5.41, 5.74) is 3.34. The first-order valence-electron chi connectivity index (χ1n) is 14.0. The van der Waals surface area contributed by atoms with Crippen LogP contribution in [-0.2, 0) is 20.8 Å². The fourth-order valence-corrected chi connectivity index (χ4v) is 6.57. The molecule has 3 heterocycles. The molecular weight excluding hydrogens is 581 g/mol. The highest BCUT2D eigenvalue weighted by atomic mass is 32.1. The van der Waals surface area contributed by atoms with Crippen LogP contribution in [0.25, 0.3) is 17.0 Å². The van der Waals surface area contributed by atoms with Gasteiger partial charge in [-0.1, -0.05) is 65.9 Å². The number of para-hydroxylation sites is 2. The lowest BCUT2D eigenvalue weighted by molar-refractivity contribution is -0.140. The predicted octanol–water partition coefficient (Wildman–Crippen LogP) is 4.58. The van der Waals surface area contributed by atoms with E-state index in [2.05, 4.69) is 4.99 Å². The second-order valence-corrected chi connectivity index (χ2v) is 11.3. The van der Waals surface area contributed by atoms with Crippen LogP contribution in [0.5, 0.6) is 5.75 Å². The number of allylic oxidation sites excluding steroid dienone is 1. The van der Waals surface area contributed by atoms with E-state index in [1.807, 2.05) is 65.4 Å². The highest BCUT2D eigenvalue weighted by Crippen LogP contribution is 2.35. The Morgan fingerprint density at radius 1 is 1.02 bits per heavy atom. The van der Waals surface area contributed by atoms with Crippen molar-refractivity contribution in [1.82, 2.24) is 9.13 Å². The number of benzene rings is 3. The van der Waals surface area contributed by atoms with E-state index in [0.717, 1.165) is 16.5 Å². The van der Waals surface area contributed by atoms with Gasteiger partial charge >= 0.3 is 5.97 Å². The highest BCUT2D eigenvalue weighted by Gasteiger charge is 2.35. The van der Waals surface area contributed by atoms with Crippen molar-refractivity contribution in [2.24, 2.45) is 4.99 Å². The Kier molecular flexibility index (Phi) is 8.28. The van der Waals surface area contributed by atoms with Crippen molar-refractivity contribution in [3.8, 4) is 5.75 Å². The first-order valence-corrected chi connectivity index (χ1v) is 14.9. The molecule has 1 aliphatic rings. The molecule has 10 heteroatoms. The number of ether oxygens (including phenoxy) is 3. The number of esters is 1. The highest BCUT2D eigenvalue weighted by molar-refractivity contribution is 7.07. The van der Waals surface area contributed by atoms with Crippen molar-refractivity contribution in [1.29, 1.82) is 0 Å². The maximum absolute atomic E-state index is 14.5. The number of carbonyl (C=O) groups is 1. The van der Waals surface area contributed by atoms with Gasteiger partial charge in [0, 0.05) is 40.9 Å². The van der Waals surface area contributed by atoms with Gasteiger partial charge in [0.05, 0.1) is 36.1 Å². The maximum atomic E-state index is 14.5. The third-order valence-electron chi connectivity index (χ3n) is 7.60. The number of hydrogen-bond donors (Lipinski definition) is 0. The zero-order valence-corrected chi connectivity index (χ0v) is 25.3. The standard InChI is InChI=1S/C34H30FN3O5S/c1-21-30(33(40)43-17-16-41-2)31(25-12-6-9-15-28(25)42-3)38-32(39)29(44-34(38)36-21)18-23-20-37(27-14-8-5-11-24(23)27)19-22-10-4-7-13-26(22)35/h4-15,18,20,31H,16-17,19H2,1-3H3. The van der Waals surface area contributed by atoms with Crippen LogP contribution in [0, 0.1) is 5.82 Å². The lowest BCUT2D eigenvalue weighted by Gasteiger charge is -2.26. The number of carbonyl (C=O) groups excluding carboxylic acids is 1. The molecule has 224 valence electrons. The van der Waals surface area contributed by atoms with Crippen LogP contribution in [0.2, 0.25) is 0 Å². The van der Waals surface area contributed by atoms with Crippen molar-refractivity contribution in [2.45, 2.75) is 19.5 Å². The smallest absolute Gasteiger partial charge is 0.338 e. The summed E-state index contributed by atoms with van der Waals surface area (Å²) < 4.78 is 34.7. The van der Waals surface area contributed by atoms with Crippen LogP contribution in [0.4, 0.5) is 4.39 Å². The Hall–Kier alpha value is -4.80. The third-order valence-corrected chi connectivity index (χ3v) is 8.58. The molecule has 8 nitrogen and oxygen atoms in total. The van der Waals surface area contributed by atoms with Gasteiger partial charge in [-0.3, -0.25) is 9.36 Å². The summed E-state index contributed by atoms with van der Waals surface area (Å²) in [6, 6.07) is 21.0. The number of methoxy groups -OCH3 is 2. The van der Waals surface area contributed by atoms with E-state index in [0.29, 0.717) is 38.5 Å². The monoisotopic (exact) mass is 611 g/mol.